The Hall–Kier alpha value is -1.65. The SMILES string of the molecule is CC(NCCCn1cnc2ccccc21)c1cccs1. The predicted octanol–water partition coefficient (Wildman–Crippen LogP) is 3.84. The topological polar surface area (TPSA) is 29.9 Å². The molecule has 1 unspecified atom stereocenters. The smallest absolute Gasteiger partial charge is 0.0958 e. The number of para-hydroxylation sites is 2. The molecule has 2 heterocycles. The van der Waals surface area contributed by atoms with Gasteiger partial charge in [-0.2, -0.15) is 0 Å². The molecule has 0 saturated heterocycles. The van der Waals surface area contributed by atoms with Gasteiger partial charge in [-0.3, -0.25) is 0 Å². The van der Waals surface area contributed by atoms with E-state index in [9.17, 15) is 0 Å². The van der Waals surface area contributed by atoms with Crippen LogP contribution in [0.2, 0.25) is 0 Å². The fourth-order valence-electron chi connectivity index (χ4n) is 2.39. The molecule has 0 aliphatic rings. The summed E-state index contributed by atoms with van der Waals surface area (Å²) in [6, 6.07) is 13.0. The van der Waals surface area contributed by atoms with Gasteiger partial charge >= 0.3 is 0 Å². The minimum atomic E-state index is 0.439. The van der Waals surface area contributed by atoms with E-state index in [1.165, 1.54) is 10.4 Å². The molecule has 3 nitrogen and oxygen atoms in total. The van der Waals surface area contributed by atoms with Gasteiger partial charge in [0, 0.05) is 17.5 Å². The Bertz CT molecular complexity index is 657. The number of hydrogen-bond donors (Lipinski definition) is 1. The van der Waals surface area contributed by atoms with Crippen LogP contribution in [0.5, 0.6) is 0 Å². The van der Waals surface area contributed by atoms with Gasteiger partial charge in [0.2, 0.25) is 0 Å². The van der Waals surface area contributed by atoms with Gasteiger partial charge < -0.3 is 9.88 Å². The first kappa shape index (κ1) is 13.3. The van der Waals surface area contributed by atoms with Crippen LogP contribution in [0.3, 0.4) is 0 Å². The average Bonchev–Trinajstić information content (AvgIpc) is 3.13. The van der Waals surface area contributed by atoms with Crippen molar-refractivity contribution in [1.82, 2.24) is 14.9 Å². The van der Waals surface area contributed by atoms with E-state index >= 15 is 0 Å². The molecule has 0 fully saturated rings. The lowest BCUT2D eigenvalue weighted by atomic mass is 10.2. The van der Waals surface area contributed by atoms with Gasteiger partial charge in [-0.25, -0.2) is 4.98 Å². The number of nitrogens with zero attached hydrogens (tertiary/aromatic N) is 2. The van der Waals surface area contributed by atoms with E-state index in [-0.39, 0.29) is 0 Å². The third-order valence-corrected chi connectivity index (χ3v) is 4.58. The summed E-state index contributed by atoms with van der Waals surface area (Å²) in [4.78, 5) is 5.82. The van der Waals surface area contributed by atoms with Gasteiger partial charge in [-0.1, -0.05) is 18.2 Å². The maximum atomic E-state index is 4.42. The maximum Gasteiger partial charge on any atom is 0.0958 e. The number of hydrogen-bond acceptors (Lipinski definition) is 3. The largest absolute Gasteiger partial charge is 0.331 e. The fraction of sp³-hybridized carbons (Fsp3) is 0.312. The molecule has 104 valence electrons. The Labute approximate surface area is 123 Å². The van der Waals surface area contributed by atoms with E-state index in [2.05, 4.69) is 57.5 Å². The Morgan fingerprint density at radius 2 is 2.15 bits per heavy atom. The molecule has 0 radical (unpaired) electrons. The van der Waals surface area contributed by atoms with Crippen LogP contribution >= 0.6 is 11.3 Å². The number of rotatable bonds is 6. The van der Waals surface area contributed by atoms with Crippen molar-refractivity contribution in [2.24, 2.45) is 0 Å². The second-order valence-electron chi connectivity index (χ2n) is 4.97. The number of aromatic nitrogens is 2. The molecule has 0 saturated carbocycles. The van der Waals surface area contributed by atoms with E-state index < -0.39 is 0 Å². The Morgan fingerprint density at radius 3 is 3.00 bits per heavy atom. The Balaban J connectivity index is 1.50. The summed E-state index contributed by atoms with van der Waals surface area (Å²) in [6.45, 7) is 4.24. The van der Waals surface area contributed by atoms with Crippen molar-refractivity contribution < 1.29 is 0 Å². The van der Waals surface area contributed by atoms with Crippen molar-refractivity contribution in [3.05, 3.63) is 53.0 Å². The first-order valence-electron chi connectivity index (χ1n) is 7.01. The van der Waals surface area contributed by atoms with Gasteiger partial charge in [-0.15, -0.1) is 11.3 Å². The van der Waals surface area contributed by atoms with Gasteiger partial charge in [0.25, 0.3) is 0 Å². The van der Waals surface area contributed by atoms with Gasteiger partial charge in [0.1, 0.15) is 0 Å². The third kappa shape index (κ3) is 2.92. The number of nitrogens with one attached hydrogen (secondary N) is 1. The molecule has 1 aromatic carbocycles. The summed E-state index contributed by atoms with van der Waals surface area (Å²) in [5.41, 5.74) is 2.30. The van der Waals surface area contributed by atoms with Crippen LogP contribution in [0, 0.1) is 0 Å². The molecule has 3 rings (SSSR count). The highest BCUT2D eigenvalue weighted by Crippen LogP contribution is 2.18. The van der Waals surface area contributed by atoms with Crippen molar-refractivity contribution >= 4 is 22.4 Å². The van der Waals surface area contributed by atoms with Crippen LogP contribution in [0.25, 0.3) is 11.0 Å². The summed E-state index contributed by atoms with van der Waals surface area (Å²) in [5, 5.41) is 5.70. The van der Waals surface area contributed by atoms with Gasteiger partial charge in [-0.05, 0) is 43.5 Å². The predicted molar refractivity (Wildman–Crippen MR) is 85.1 cm³/mol. The van der Waals surface area contributed by atoms with Crippen molar-refractivity contribution in [3.63, 3.8) is 0 Å². The molecule has 3 aromatic rings. The molecule has 0 bridgehead atoms. The van der Waals surface area contributed by atoms with E-state index in [0.29, 0.717) is 6.04 Å². The molecule has 1 N–H and O–H groups in total. The molecule has 20 heavy (non-hydrogen) atoms. The second kappa shape index (κ2) is 6.20. The molecule has 4 heteroatoms. The highest BCUT2D eigenvalue weighted by molar-refractivity contribution is 7.10. The normalized spacial score (nSPS) is 12.8. The first-order chi connectivity index (χ1) is 9.84. The first-order valence-corrected chi connectivity index (χ1v) is 7.89. The van der Waals surface area contributed by atoms with Crippen LogP contribution in [-0.4, -0.2) is 16.1 Å². The summed E-state index contributed by atoms with van der Waals surface area (Å²) in [5.74, 6) is 0. The van der Waals surface area contributed by atoms with Crippen LogP contribution in [0.4, 0.5) is 0 Å². The summed E-state index contributed by atoms with van der Waals surface area (Å²) in [7, 11) is 0. The quantitative estimate of drug-likeness (QED) is 0.697. The lowest BCUT2D eigenvalue weighted by Gasteiger charge is -2.12. The third-order valence-electron chi connectivity index (χ3n) is 3.52. The number of imidazole rings is 1. The number of aryl methyl sites for hydroxylation is 1. The summed E-state index contributed by atoms with van der Waals surface area (Å²) < 4.78 is 2.23. The van der Waals surface area contributed by atoms with Crippen molar-refractivity contribution in [2.75, 3.05) is 6.54 Å². The van der Waals surface area contributed by atoms with Crippen molar-refractivity contribution in [3.8, 4) is 0 Å². The molecule has 2 aromatic heterocycles. The van der Waals surface area contributed by atoms with E-state index in [0.717, 1.165) is 25.0 Å². The molecule has 0 aliphatic carbocycles. The number of thiophene rings is 1. The zero-order chi connectivity index (χ0) is 13.8. The van der Waals surface area contributed by atoms with E-state index in [1.54, 1.807) is 0 Å². The minimum Gasteiger partial charge on any atom is -0.331 e. The molecular weight excluding hydrogens is 266 g/mol. The maximum absolute atomic E-state index is 4.42. The van der Waals surface area contributed by atoms with E-state index in [4.69, 9.17) is 0 Å². The standard InChI is InChI=1S/C16H19N3S/c1-13(16-8-4-11-20-16)17-9-5-10-19-12-18-14-6-2-3-7-15(14)19/h2-4,6-8,11-13,17H,5,9-10H2,1H3. The molecular formula is C16H19N3S. The Kier molecular flexibility index (Phi) is 4.14. The fourth-order valence-corrected chi connectivity index (χ4v) is 3.15. The summed E-state index contributed by atoms with van der Waals surface area (Å²) >= 11 is 1.81. The lowest BCUT2D eigenvalue weighted by Crippen LogP contribution is -2.20. The van der Waals surface area contributed by atoms with Crippen molar-refractivity contribution in [1.29, 1.82) is 0 Å². The van der Waals surface area contributed by atoms with Gasteiger partial charge in [0.05, 0.1) is 17.4 Å². The van der Waals surface area contributed by atoms with Crippen molar-refractivity contribution in [2.45, 2.75) is 25.9 Å². The Morgan fingerprint density at radius 1 is 1.25 bits per heavy atom. The second-order valence-corrected chi connectivity index (χ2v) is 5.95. The highest BCUT2D eigenvalue weighted by atomic mass is 32.1. The molecule has 0 aliphatic heterocycles. The number of benzene rings is 1. The molecule has 0 spiro atoms. The monoisotopic (exact) mass is 285 g/mol. The van der Waals surface area contributed by atoms with Crippen LogP contribution in [0.1, 0.15) is 24.3 Å². The van der Waals surface area contributed by atoms with Crippen LogP contribution in [0.15, 0.2) is 48.1 Å². The van der Waals surface area contributed by atoms with Gasteiger partial charge in [0.15, 0.2) is 0 Å². The lowest BCUT2D eigenvalue weighted by molar-refractivity contribution is 0.535. The van der Waals surface area contributed by atoms with E-state index in [1.807, 2.05) is 23.7 Å². The molecule has 0 amide bonds. The zero-order valence-electron chi connectivity index (χ0n) is 11.6. The van der Waals surface area contributed by atoms with Crippen LogP contribution < -0.4 is 5.32 Å². The van der Waals surface area contributed by atoms with Crippen LogP contribution in [-0.2, 0) is 6.54 Å². The average molecular weight is 285 g/mol. The number of fused-ring (bicyclic) bond motifs is 1. The zero-order valence-corrected chi connectivity index (χ0v) is 12.4. The highest BCUT2D eigenvalue weighted by Gasteiger charge is 2.05. The minimum absolute atomic E-state index is 0.439. The molecule has 1 atom stereocenters. The summed E-state index contributed by atoms with van der Waals surface area (Å²) in [6.07, 6.45) is 3.05.